The normalized spacial score (nSPS) is 21.8. The van der Waals surface area contributed by atoms with E-state index in [1.54, 1.807) is 0 Å². The van der Waals surface area contributed by atoms with Gasteiger partial charge < -0.3 is 5.32 Å². The summed E-state index contributed by atoms with van der Waals surface area (Å²) in [6.45, 7) is 8.75. The Hall–Kier alpha value is -0.300. The molecule has 76 valence electrons. The van der Waals surface area contributed by atoms with Gasteiger partial charge in [-0.3, -0.25) is 0 Å². The number of nitrogens with one attached hydrogen (secondary N) is 1. The van der Waals surface area contributed by atoms with Crippen molar-refractivity contribution in [3.05, 3.63) is 12.2 Å². The first-order valence-corrected chi connectivity index (χ1v) is 5.50. The Balaban J connectivity index is 2.72. The van der Waals surface area contributed by atoms with E-state index in [2.05, 4.69) is 32.8 Å². The Kier molecular flexibility index (Phi) is 3.55. The molecule has 1 aliphatic carbocycles. The van der Waals surface area contributed by atoms with E-state index < -0.39 is 0 Å². The highest BCUT2D eigenvalue weighted by atomic mass is 14.9. The molecule has 1 saturated carbocycles. The largest absolute Gasteiger partial charge is 0.311 e. The Morgan fingerprint density at radius 2 is 1.77 bits per heavy atom. The lowest BCUT2D eigenvalue weighted by atomic mass is 9.73. The van der Waals surface area contributed by atoms with E-state index in [9.17, 15) is 0 Å². The first kappa shape index (κ1) is 10.8. The molecule has 0 heterocycles. The van der Waals surface area contributed by atoms with Crippen molar-refractivity contribution < 1.29 is 0 Å². The van der Waals surface area contributed by atoms with Crippen LogP contribution in [0.4, 0.5) is 0 Å². The lowest BCUT2D eigenvalue weighted by Gasteiger charge is -2.40. The van der Waals surface area contributed by atoms with E-state index in [1.807, 2.05) is 0 Å². The van der Waals surface area contributed by atoms with Gasteiger partial charge in [0, 0.05) is 5.54 Å². The molecule has 1 heteroatoms. The van der Waals surface area contributed by atoms with Gasteiger partial charge in [0.05, 0.1) is 0 Å². The molecule has 0 saturated heterocycles. The van der Waals surface area contributed by atoms with Gasteiger partial charge in [-0.25, -0.2) is 0 Å². The predicted molar refractivity (Wildman–Crippen MR) is 58.9 cm³/mol. The second-order valence-corrected chi connectivity index (χ2v) is 4.57. The fourth-order valence-corrected chi connectivity index (χ4v) is 2.44. The van der Waals surface area contributed by atoms with Gasteiger partial charge in [-0.1, -0.05) is 45.3 Å². The van der Waals surface area contributed by atoms with E-state index in [0.29, 0.717) is 5.92 Å². The number of rotatable bonds is 3. The van der Waals surface area contributed by atoms with Crippen molar-refractivity contribution in [3.63, 3.8) is 0 Å². The van der Waals surface area contributed by atoms with Crippen molar-refractivity contribution in [2.24, 2.45) is 5.92 Å². The second-order valence-electron chi connectivity index (χ2n) is 4.57. The average Bonchev–Trinajstić information content (AvgIpc) is 2.17. The molecule has 1 N–H and O–H groups in total. The van der Waals surface area contributed by atoms with E-state index in [1.165, 1.54) is 37.7 Å². The fraction of sp³-hybridized carbons (Fsp3) is 0.833. The third-order valence-electron chi connectivity index (χ3n) is 3.50. The van der Waals surface area contributed by atoms with E-state index in [-0.39, 0.29) is 5.54 Å². The molecule has 0 amide bonds. The lowest BCUT2D eigenvalue weighted by molar-refractivity contribution is 0.275. The molecule has 0 aromatic carbocycles. The van der Waals surface area contributed by atoms with Crippen molar-refractivity contribution in [2.75, 3.05) is 7.05 Å². The van der Waals surface area contributed by atoms with Crippen molar-refractivity contribution in [3.8, 4) is 0 Å². The molecule has 1 aliphatic rings. The molecule has 13 heavy (non-hydrogen) atoms. The minimum absolute atomic E-state index is 0.256. The molecule has 0 radical (unpaired) electrons. The third-order valence-corrected chi connectivity index (χ3v) is 3.50. The molecule has 0 aliphatic heterocycles. The van der Waals surface area contributed by atoms with Crippen LogP contribution in [0.3, 0.4) is 0 Å². The molecule has 0 aromatic heterocycles. The lowest BCUT2D eigenvalue weighted by Crippen LogP contribution is -2.47. The summed E-state index contributed by atoms with van der Waals surface area (Å²) >= 11 is 0. The minimum Gasteiger partial charge on any atom is -0.311 e. The summed E-state index contributed by atoms with van der Waals surface area (Å²) in [7, 11) is 2.08. The van der Waals surface area contributed by atoms with Crippen molar-refractivity contribution in [1.82, 2.24) is 5.32 Å². The second kappa shape index (κ2) is 4.28. The maximum absolute atomic E-state index is 4.26. The highest BCUT2D eigenvalue weighted by Crippen LogP contribution is 2.36. The van der Waals surface area contributed by atoms with Gasteiger partial charge in [-0.2, -0.15) is 0 Å². The Morgan fingerprint density at radius 1 is 1.23 bits per heavy atom. The van der Waals surface area contributed by atoms with Crippen LogP contribution < -0.4 is 5.32 Å². The maximum Gasteiger partial charge on any atom is 0.0391 e. The van der Waals surface area contributed by atoms with Gasteiger partial charge in [0.15, 0.2) is 0 Å². The van der Waals surface area contributed by atoms with Gasteiger partial charge in [0.2, 0.25) is 0 Å². The summed E-state index contributed by atoms with van der Waals surface area (Å²) in [6, 6.07) is 0. The third kappa shape index (κ3) is 2.14. The van der Waals surface area contributed by atoms with Crippen molar-refractivity contribution in [2.45, 2.75) is 51.5 Å². The van der Waals surface area contributed by atoms with Crippen LogP contribution in [0.15, 0.2) is 12.2 Å². The van der Waals surface area contributed by atoms with E-state index in [0.717, 1.165) is 0 Å². The molecule has 0 bridgehead atoms. The van der Waals surface area contributed by atoms with Crippen molar-refractivity contribution >= 4 is 0 Å². The van der Waals surface area contributed by atoms with E-state index >= 15 is 0 Å². The average molecular weight is 181 g/mol. The molecule has 0 unspecified atom stereocenters. The smallest absolute Gasteiger partial charge is 0.0391 e. The van der Waals surface area contributed by atoms with Crippen LogP contribution in [0, 0.1) is 5.92 Å². The molecule has 0 aromatic rings. The zero-order chi connectivity index (χ0) is 9.90. The SMILES string of the molecule is C=C(C(C)C)C1(NC)CCCCC1. The monoisotopic (exact) mass is 181 g/mol. The number of hydrogen-bond acceptors (Lipinski definition) is 1. The minimum atomic E-state index is 0.256. The summed E-state index contributed by atoms with van der Waals surface area (Å²) in [5.74, 6) is 0.602. The molecule has 0 spiro atoms. The van der Waals surface area contributed by atoms with Crippen LogP contribution in [0.5, 0.6) is 0 Å². The topological polar surface area (TPSA) is 12.0 Å². The quantitative estimate of drug-likeness (QED) is 0.660. The molecular weight excluding hydrogens is 158 g/mol. The van der Waals surface area contributed by atoms with Crippen LogP contribution in [-0.2, 0) is 0 Å². The van der Waals surface area contributed by atoms with Gasteiger partial charge >= 0.3 is 0 Å². The molecular formula is C12H23N. The van der Waals surface area contributed by atoms with Gasteiger partial charge in [-0.05, 0) is 25.8 Å². The first-order valence-electron chi connectivity index (χ1n) is 5.50. The van der Waals surface area contributed by atoms with Crippen LogP contribution in [-0.4, -0.2) is 12.6 Å². The number of hydrogen-bond donors (Lipinski definition) is 1. The Labute approximate surface area is 82.6 Å². The molecule has 1 rings (SSSR count). The molecule has 0 atom stereocenters. The Morgan fingerprint density at radius 3 is 2.15 bits per heavy atom. The van der Waals surface area contributed by atoms with Crippen LogP contribution in [0.1, 0.15) is 46.0 Å². The first-order chi connectivity index (χ1) is 6.12. The number of likely N-dealkylation sites (N-methyl/N-ethyl adjacent to an activating group) is 1. The summed E-state index contributed by atoms with van der Waals surface area (Å²) in [6.07, 6.45) is 6.66. The summed E-state index contributed by atoms with van der Waals surface area (Å²) in [5, 5.41) is 3.50. The van der Waals surface area contributed by atoms with Crippen molar-refractivity contribution in [1.29, 1.82) is 0 Å². The molecule has 1 fully saturated rings. The van der Waals surface area contributed by atoms with Gasteiger partial charge in [0.1, 0.15) is 0 Å². The Bertz CT molecular complexity index is 176. The van der Waals surface area contributed by atoms with E-state index in [4.69, 9.17) is 0 Å². The summed E-state index contributed by atoms with van der Waals surface area (Å²) < 4.78 is 0. The summed E-state index contributed by atoms with van der Waals surface area (Å²) in [5.41, 5.74) is 1.65. The van der Waals surface area contributed by atoms with Gasteiger partial charge in [-0.15, -0.1) is 0 Å². The zero-order valence-corrected chi connectivity index (χ0v) is 9.32. The highest BCUT2D eigenvalue weighted by molar-refractivity contribution is 5.19. The molecule has 1 nitrogen and oxygen atoms in total. The fourth-order valence-electron chi connectivity index (χ4n) is 2.44. The summed E-state index contributed by atoms with van der Waals surface area (Å²) in [4.78, 5) is 0. The zero-order valence-electron chi connectivity index (χ0n) is 9.32. The van der Waals surface area contributed by atoms with Crippen LogP contribution >= 0.6 is 0 Å². The maximum atomic E-state index is 4.26. The van der Waals surface area contributed by atoms with Crippen LogP contribution in [0.25, 0.3) is 0 Å². The predicted octanol–water partition coefficient (Wildman–Crippen LogP) is 3.12. The standard InChI is InChI=1S/C12H23N/c1-10(2)11(3)12(13-4)8-6-5-7-9-12/h10,13H,3,5-9H2,1-2,4H3. The van der Waals surface area contributed by atoms with Gasteiger partial charge in [0.25, 0.3) is 0 Å². The highest BCUT2D eigenvalue weighted by Gasteiger charge is 2.33. The van der Waals surface area contributed by atoms with Crippen LogP contribution in [0.2, 0.25) is 0 Å².